The topological polar surface area (TPSA) is 85.8 Å². The summed E-state index contributed by atoms with van der Waals surface area (Å²) in [5.41, 5.74) is 4.44. The predicted molar refractivity (Wildman–Crippen MR) is 124 cm³/mol. The van der Waals surface area contributed by atoms with E-state index in [9.17, 15) is 4.79 Å². The van der Waals surface area contributed by atoms with E-state index in [2.05, 4.69) is 38.5 Å². The van der Waals surface area contributed by atoms with Crippen LogP contribution in [0.1, 0.15) is 53.0 Å². The fraction of sp³-hybridized carbons (Fsp3) is 0.385. The zero-order valence-electron chi connectivity index (χ0n) is 19.1. The lowest BCUT2D eigenvalue weighted by molar-refractivity contribution is 0.0520. The van der Waals surface area contributed by atoms with E-state index in [4.69, 9.17) is 9.37 Å². The molecule has 3 aromatic heterocycles. The first-order valence-corrected chi connectivity index (χ1v) is 11.9. The number of aromatic nitrogens is 4. The van der Waals surface area contributed by atoms with Gasteiger partial charge in [0.25, 0.3) is 5.91 Å². The van der Waals surface area contributed by atoms with E-state index < -0.39 is 0 Å². The quantitative estimate of drug-likeness (QED) is 0.431. The van der Waals surface area contributed by atoms with Crippen molar-refractivity contribution in [2.24, 2.45) is 5.92 Å². The second-order valence-electron chi connectivity index (χ2n) is 9.41. The molecule has 5 heterocycles. The van der Waals surface area contributed by atoms with Crippen LogP contribution in [0.3, 0.4) is 0 Å². The Balaban J connectivity index is 1.18. The van der Waals surface area contributed by atoms with Crippen LogP contribution in [0.15, 0.2) is 59.5 Å². The third-order valence-electron chi connectivity index (χ3n) is 7.33. The molecule has 8 heteroatoms. The van der Waals surface area contributed by atoms with Gasteiger partial charge >= 0.3 is 0 Å². The molecule has 1 amide bonds. The first-order valence-electron chi connectivity index (χ1n) is 11.9. The molecule has 34 heavy (non-hydrogen) atoms. The number of hydrogen-bond donors (Lipinski definition) is 0. The summed E-state index contributed by atoms with van der Waals surface area (Å²) in [6.07, 6.45) is 9.06. The van der Waals surface area contributed by atoms with Gasteiger partial charge in [0, 0.05) is 24.5 Å². The van der Waals surface area contributed by atoms with Gasteiger partial charge in [-0.05, 0) is 74.8 Å². The molecule has 0 radical (unpaired) electrons. The predicted octanol–water partition coefficient (Wildman–Crippen LogP) is 4.23. The maximum atomic E-state index is 13.7. The fourth-order valence-electron chi connectivity index (χ4n) is 5.72. The van der Waals surface area contributed by atoms with E-state index in [-0.39, 0.29) is 24.6 Å². The third kappa shape index (κ3) is 3.73. The summed E-state index contributed by atoms with van der Waals surface area (Å²) in [5, 5.41) is 12.0. The molecule has 2 fully saturated rings. The molecule has 1 aromatic carbocycles. The number of hydrogen-bond acceptors (Lipinski definition) is 6. The highest BCUT2D eigenvalue weighted by atomic mass is 16.6. The van der Waals surface area contributed by atoms with Crippen molar-refractivity contribution in [2.75, 3.05) is 0 Å². The van der Waals surface area contributed by atoms with Crippen molar-refractivity contribution in [1.29, 1.82) is 0 Å². The lowest BCUT2D eigenvalue weighted by atomic mass is 9.85. The number of ether oxygens (including phenoxy) is 1. The average Bonchev–Trinajstić information content (AvgIpc) is 3.56. The number of benzene rings is 1. The molecule has 2 bridgehead atoms. The van der Waals surface area contributed by atoms with Gasteiger partial charge in [-0.25, -0.2) is 9.14 Å². The Labute approximate surface area is 197 Å². The lowest BCUT2D eigenvalue weighted by Crippen LogP contribution is -2.47. The van der Waals surface area contributed by atoms with Crippen molar-refractivity contribution >= 4 is 11.4 Å². The number of fused-ring (bicyclic) bond motifs is 3. The lowest BCUT2D eigenvalue weighted by Gasteiger charge is -2.39. The van der Waals surface area contributed by atoms with Crippen LogP contribution in [0.4, 0.5) is 0 Å². The van der Waals surface area contributed by atoms with E-state index in [1.807, 2.05) is 48.1 Å². The summed E-state index contributed by atoms with van der Waals surface area (Å²) in [5.74, 6) is 1.20. The molecule has 0 N–H and O–H groups in total. The minimum absolute atomic E-state index is 0.0643. The maximum absolute atomic E-state index is 13.7. The molecular formula is C26H27N5O3. The fourth-order valence-corrected chi connectivity index (χ4v) is 5.72. The zero-order valence-corrected chi connectivity index (χ0v) is 19.1. The molecule has 0 spiro atoms. The Hall–Kier alpha value is -3.68. The number of carbonyl (C=O) groups is 1. The van der Waals surface area contributed by atoms with Crippen LogP contribution in [0, 0.1) is 12.8 Å². The highest BCUT2D eigenvalue weighted by molar-refractivity contribution is 5.97. The Bertz CT molecular complexity index is 1310. The number of amides is 1. The molecule has 6 rings (SSSR count). The number of carbonyl (C=O) groups excluding carboxylic acids is 1. The van der Waals surface area contributed by atoms with Gasteiger partial charge in [0.1, 0.15) is 23.7 Å². The number of pyridine rings is 1. The Morgan fingerprint density at radius 3 is 2.71 bits per heavy atom. The zero-order chi connectivity index (χ0) is 23.1. The molecule has 2 aliphatic heterocycles. The van der Waals surface area contributed by atoms with Crippen LogP contribution >= 0.6 is 0 Å². The number of nitrogens with zero attached hydrogens (tertiary/aromatic N) is 5. The van der Waals surface area contributed by atoms with Gasteiger partial charge in [-0.1, -0.05) is 28.5 Å². The van der Waals surface area contributed by atoms with E-state index in [1.165, 1.54) is 11.1 Å². The standard InChI is InChI=1S/C26H27N5O3/c1-17-23(29-34-28-17)16-33-25-7-3-2-6-22(25)26(32)31-20-8-9-21(31)15-18(14-20)13-19-5-4-12-30-24(19)10-11-27-30/h2-7,10-12,18,20-21H,8-9,13-16H2,1H3/t20-,21-/m0/s1. The number of aryl methyl sites for hydroxylation is 1. The van der Waals surface area contributed by atoms with Crippen molar-refractivity contribution in [3.63, 3.8) is 0 Å². The normalized spacial score (nSPS) is 21.8. The largest absolute Gasteiger partial charge is 0.486 e. The maximum Gasteiger partial charge on any atom is 0.258 e. The number of para-hydroxylation sites is 1. The summed E-state index contributed by atoms with van der Waals surface area (Å²) in [4.78, 5) is 15.8. The highest BCUT2D eigenvalue weighted by Gasteiger charge is 2.43. The highest BCUT2D eigenvalue weighted by Crippen LogP contribution is 2.41. The van der Waals surface area contributed by atoms with Crippen LogP contribution in [0.25, 0.3) is 5.52 Å². The average molecular weight is 458 g/mol. The third-order valence-corrected chi connectivity index (χ3v) is 7.33. The van der Waals surface area contributed by atoms with Crippen molar-refractivity contribution in [2.45, 2.75) is 57.7 Å². The molecular weight excluding hydrogens is 430 g/mol. The SMILES string of the molecule is Cc1nonc1COc1ccccc1C(=O)N1[C@H]2CC[C@H]1CC(Cc1cccn3nccc13)C2. The van der Waals surface area contributed by atoms with Crippen LogP contribution in [-0.2, 0) is 13.0 Å². The van der Waals surface area contributed by atoms with Gasteiger partial charge in [0.2, 0.25) is 0 Å². The second kappa shape index (κ2) is 8.59. The molecule has 0 aliphatic carbocycles. The van der Waals surface area contributed by atoms with E-state index >= 15 is 0 Å². The van der Waals surface area contributed by atoms with Crippen molar-refractivity contribution in [3.05, 3.63) is 77.4 Å². The van der Waals surface area contributed by atoms with Crippen LogP contribution < -0.4 is 4.74 Å². The van der Waals surface area contributed by atoms with Gasteiger partial charge in [-0.3, -0.25) is 4.79 Å². The van der Waals surface area contributed by atoms with Gasteiger partial charge in [-0.2, -0.15) is 5.10 Å². The van der Waals surface area contributed by atoms with Crippen molar-refractivity contribution < 1.29 is 14.2 Å². The summed E-state index contributed by atoms with van der Waals surface area (Å²) in [6.45, 7) is 2.04. The first kappa shape index (κ1) is 20.9. The molecule has 0 unspecified atom stereocenters. The van der Waals surface area contributed by atoms with E-state index in [1.54, 1.807) is 0 Å². The second-order valence-corrected chi connectivity index (χ2v) is 9.41. The van der Waals surface area contributed by atoms with Gasteiger partial charge in [-0.15, -0.1) is 0 Å². The van der Waals surface area contributed by atoms with E-state index in [0.29, 0.717) is 28.6 Å². The van der Waals surface area contributed by atoms with Gasteiger partial charge in [0.15, 0.2) is 0 Å². The van der Waals surface area contributed by atoms with Crippen molar-refractivity contribution in [3.8, 4) is 5.75 Å². The van der Waals surface area contributed by atoms with Crippen LogP contribution in [0.2, 0.25) is 0 Å². The molecule has 0 saturated carbocycles. The number of rotatable bonds is 6. The molecule has 8 nitrogen and oxygen atoms in total. The number of piperidine rings is 1. The molecule has 174 valence electrons. The monoisotopic (exact) mass is 457 g/mol. The van der Waals surface area contributed by atoms with Gasteiger partial charge in [0.05, 0.1) is 11.1 Å². The van der Waals surface area contributed by atoms with Crippen LogP contribution in [-0.4, -0.2) is 42.8 Å². The molecule has 2 saturated heterocycles. The minimum atomic E-state index is 0.0643. The first-order chi connectivity index (χ1) is 16.7. The Morgan fingerprint density at radius 1 is 1.09 bits per heavy atom. The molecule has 2 atom stereocenters. The van der Waals surface area contributed by atoms with E-state index in [0.717, 1.165) is 32.1 Å². The van der Waals surface area contributed by atoms with Crippen molar-refractivity contribution in [1.82, 2.24) is 24.8 Å². The smallest absolute Gasteiger partial charge is 0.258 e. The molecule has 2 aliphatic rings. The minimum Gasteiger partial charge on any atom is -0.486 e. The summed E-state index contributed by atoms with van der Waals surface area (Å²) in [7, 11) is 0. The Kier molecular flexibility index (Phi) is 5.28. The van der Waals surface area contributed by atoms with Gasteiger partial charge < -0.3 is 9.64 Å². The molecule has 4 aromatic rings. The summed E-state index contributed by atoms with van der Waals surface area (Å²) < 4.78 is 12.7. The van der Waals surface area contributed by atoms with Crippen LogP contribution in [0.5, 0.6) is 5.75 Å². The summed E-state index contributed by atoms with van der Waals surface area (Å²) >= 11 is 0. The Morgan fingerprint density at radius 2 is 1.91 bits per heavy atom. The summed E-state index contributed by atoms with van der Waals surface area (Å²) in [6, 6.07) is 14.4.